The third-order valence-corrected chi connectivity index (χ3v) is 2.15. The molecule has 0 radical (unpaired) electrons. The van der Waals surface area contributed by atoms with Crippen molar-refractivity contribution in [1.82, 2.24) is 0 Å². The van der Waals surface area contributed by atoms with Gasteiger partial charge in [-0.25, -0.2) is 0 Å². The van der Waals surface area contributed by atoms with Gasteiger partial charge in [-0.3, -0.25) is 4.79 Å². The number of rotatable bonds is 6. The van der Waals surface area contributed by atoms with Gasteiger partial charge in [-0.15, -0.1) is 0 Å². The average Bonchev–Trinajstić information content (AvgIpc) is 2.36. The maximum atomic E-state index is 11.2. The van der Waals surface area contributed by atoms with E-state index in [9.17, 15) is 4.79 Å². The standard InChI is InChI=1S/C12H17NO4/c1-2-16-12(15)10(13)8-17-11-6-4-3-5-9(11)7-14/h3-6,10,14H,2,7-8,13H2,1H3. The number of aliphatic hydroxyl groups excluding tert-OH is 1. The first-order chi connectivity index (χ1) is 8.19. The molecule has 0 aliphatic rings. The van der Waals surface area contributed by atoms with Gasteiger partial charge in [0.1, 0.15) is 18.4 Å². The number of benzene rings is 1. The van der Waals surface area contributed by atoms with Gasteiger partial charge in [-0.05, 0) is 13.0 Å². The molecule has 0 saturated heterocycles. The van der Waals surface area contributed by atoms with Crippen molar-refractivity contribution >= 4 is 5.97 Å². The Morgan fingerprint density at radius 1 is 1.47 bits per heavy atom. The zero-order valence-electron chi connectivity index (χ0n) is 9.76. The van der Waals surface area contributed by atoms with Crippen LogP contribution in [0.2, 0.25) is 0 Å². The third-order valence-electron chi connectivity index (χ3n) is 2.15. The zero-order valence-corrected chi connectivity index (χ0v) is 9.76. The van der Waals surface area contributed by atoms with Gasteiger partial charge in [0.25, 0.3) is 0 Å². The van der Waals surface area contributed by atoms with E-state index in [1.54, 1.807) is 31.2 Å². The normalized spacial score (nSPS) is 11.9. The van der Waals surface area contributed by atoms with E-state index >= 15 is 0 Å². The van der Waals surface area contributed by atoms with Crippen LogP contribution in [0.25, 0.3) is 0 Å². The summed E-state index contributed by atoms with van der Waals surface area (Å²) in [5.74, 6) is 0.0312. The van der Waals surface area contributed by atoms with Crippen LogP contribution in [0.5, 0.6) is 5.75 Å². The topological polar surface area (TPSA) is 81.8 Å². The molecule has 1 atom stereocenters. The van der Waals surface area contributed by atoms with Gasteiger partial charge in [-0.1, -0.05) is 18.2 Å². The molecule has 0 aliphatic heterocycles. The lowest BCUT2D eigenvalue weighted by Gasteiger charge is -2.13. The Kier molecular flexibility index (Phi) is 5.45. The first kappa shape index (κ1) is 13.5. The minimum Gasteiger partial charge on any atom is -0.491 e. The Morgan fingerprint density at radius 3 is 2.82 bits per heavy atom. The van der Waals surface area contributed by atoms with Crippen molar-refractivity contribution in [3.05, 3.63) is 29.8 Å². The van der Waals surface area contributed by atoms with Gasteiger partial charge in [0.2, 0.25) is 0 Å². The van der Waals surface area contributed by atoms with Crippen molar-refractivity contribution in [3.63, 3.8) is 0 Å². The van der Waals surface area contributed by atoms with Gasteiger partial charge >= 0.3 is 5.97 Å². The second kappa shape index (κ2) is 6.88. The third kappa shape index (κ3) is 4.05. The van der Waals surface area contributed by atoms with Gasteiger partial charge in [-0.2, -0.15) is 0 Å². The molecule has 0 spiro atoms. The molecule has 0 amide bonds. The fourth-order valence-electron chi connectivity index (χ4n) is 1.27. The number of carbonyl (C=O) groups excluding carboxylic acids is 1. The van der Waals surface area contributed by atoms with Crippen LogP contribution in [-0.2, 0) is 16.1 Å². The van der Waals surface area contributed by atoms with Crippen LogP contribution in [0, 0.1) is 0 Å². The van der Waals surface area contributed by atoms with Crippen LogP contribution >= 0.6 is 0 Å². The molecule has 5 heteroatoms. The summed E-state index contributed by atoms with van der Waals surface area (Å²) in [6.45, 7) is 1.91. The molecule has 1 aromatic carbocycles. The van der Waals surface area contributed by atoms with Gasteiger partial charge in [0, 0.05) is 5.56 Å². The second-order valence-corrected chi connectivity index (χ2v) is 3.44. The highest BCUT2D eigenvalue weighted by Gasteiger charge is 2.15. The highest BCUT2D eigenvalue weighted by Crippen LogP contribution is 2.17. The molecule has 0 fully saturated rings. The molecule has 1 aromatic rings. The second-order valence-electron chi connectivity index (χ2n) is 3.44. The molecule has 94 valence electrons. The number of hydrogen-bond donors (Lipinski definition) is 2. The highest BCUT2D eigenvalue weighted by atomic mass is 16.5. The summed E-state index contributed by atoms with van der Waals surface area (Å²) in [4.78, 5) is 11.2. The molecule has 1 unspecified atom stereocenters. The molecule has 3 N–H and O–H groups in total. The number of carbonyl (C=O) groups is 1. The fourth-order valence-corrected chi connectivity index (χ4v) is 1.27. The molecular weight excluding hydrogens is 222 g/mol. The monoisotopic (exact) mass is 239 g/mol. The van der Waals surface area contributed by atoms with E-state index in [2.05, 4.69) is 0 Å². The maximum Gasteiger partial charge on any atom is 0.326 e. The van der Waals surface area contributed by atoms with Crippen LogP contribution in [-0.4, -0.2) is 30.3 Å². The predicted molar refractivity (Wildman–Crippen MR) is 62.5 cm³/mol. The van der Waals surface area contributed by atoms with E-state index in [0.717, 1.165) is 0 Å². The number of hydrogen-bond acceptors (Lipinski definition) is 5. The van der Waals surface area contributed by atoms with Crippen LogP contribution in [0.15, 0.2) is 24.3 Å². The Hall–Kier alpha value is -1.59. The summed E-state index contributed by atoms with van der Waals surface area (Å²) in [6, 6.07) is 6.21. The van der Waals surface area contributed by atoms with E-state index in [0.29, 0.717) is 17.9 Å². The molecule has 0 aromatic heterocycles. The first-order valence-corrected chi connectivity index (χ1v) is 5.42. The summed E-state index contributed by atoms with van der Waals surface area (Å²) in [7, 11) is 0. The number of nitrogens with two attached hydrogens (primary N) is 1. The maximum absolute atomic E-state index is 11.2. The smallest absolute Gasteiger partial charge is 0.326 e. The van der Waals surface area contributed by atoms with Crippen molar-refractivity contribution in [2.75, 3.05) is 13.2 Å². The molecule has 17 heavy (non-hydrogen) atoms. The van der Waals surface area contributed by atoms with Crippen LogP contribution in [0.4, 0.5) is 0 Å². The number of ether oxygens (including phenoxy) is 2. The quantitative estimate of drug-likeness (QED) is 0.704. The van der Waals surface area contributed by atoms with E-state index in [4.69, 9.17) is 20.3 Å². The van der Waals surface area contributed by atoms with Crippen molar-refractivity contribution in [2.24, 2.45) is 5.73 Å². The van der Waals surface area contributed by atoms with E-state index in [1.807, 2.05) is 0 Å². The van der Waals surface area contributed by atoms with Crippen LogP contribution in [0.1, 0.15) is 12.5 Å². The van der Waals surface area contributed by atoms with Crippen molar-refractivity contribution in [2.45, 2.75) is 19.6 Å². The molecular formula is C12H17NO4. The average molecular weight is 239 g/mol. The summed E-state index contributed by atoms with van der Waals surface area (Å²) in [5, 5.41) is 9.07. The van der Waals surface area contributed by atoms with Gasteiger partial charge in [0.05, 0.1) is 13.2 Å². The molecule has 5 nitrogen and oxygen atoms in total. The Balaban J connectivity index is 2.52. The number of para-hydroxylation sites is 1. The highest BCUT2D eigenvalue weighted by molar-refractivity contribution is 5.75. The lowest BCUT2D eigenvalue weighted by atomic mass is 10.2. The summed E-state index contributed by atoms with van der Waals surface area (Å²) >= 11 is 0. The Morgan fingerprint density at radius 2 is 2.18 bits per heavy atom. The molecule has 1 rings (SSSR count). The Bertz CT molecular complexity index is 367. The SMILES string of the molecule is CCOC(=O)C(N)COc1ccccc1CO. The first-order valence-electron chi connectivity index (χ1n) is 5.42. The Labute approximate surface area is 100 Å². The molecule has 0 heterocycles. The summed E-state index contributed by atoms with van der Waals surface area (Å²) in [5.41, 5.74) is 6.24. The van der Waals surface area contributed by atoms with Gasteiger partial charge < -0.3 is 20.3 Å². The van der Waals surface area contributed by atoms with Crippen LogP contribution < -0.4 is 10.5 Å². The van der Waals surface area contributed by atoms with E-state index in [1.165, 1.54) is 0 Å². The van der Waals surface area contributed by atoms with Crippen molar-refractivity contribution in [3.8, 4) is 5.75 Å². The van der Waals surface area contributed by atoms with Crippen molar-refractivity contribution < 1.29 is 19.4 Å². The largest absolute Gasteiger partial charge is 0.491 e. The summed E-state index contributed by atoms with van der Waals surface area (Å²) in [6.07, 6.45) is 0. The molecule has 0 bridgehead atoms. The number of esters is 1. The van der Waals surface area contributed by atoms with Gasteiger partial charge in [0.15, 0.2) is 0 Å². The minimum atomic E-state index is -0.818. The lowest BCUT2D eigenvalue weighted by molar-refractivity contribution is -0.145. The fraction of sp³-hybridized carbons (Fsp3) is 0.417. The molecule has 0 aliphatic carbocycles. The zero-order chi connectivity index (χ0) is 12.7. The minimum absolute atomic E-state index is 0.0237. The number of aliphatic hydroxyl groups is 1. The van der Waals surface area contributed by atoms with Crippen LogP contribution in [0.3, 0.4) is 0 Å². The predicted octanol–water partition coefficient (Wildman–Crippen LogP) is 0.448. The molecule has 0 saturated carbocycles. The van der Waals surface area contributed by atoms with E-state index in [-0.39, 0.29) is 13.2 Å². The summed E-state index contributed by atoms with van der Waals surface area (Å²) < 4.78 is 10.1. The van der Waals surface area contributed by atoms with E-state index < -0.39 is 12.0 Å². The lowest BCUT2D eigenvalue weighted by Crippen LogP contribution is -2.37. The van der Waals surface area contributed by atoms with Crippen molar-refractivity contribution in [1.29, 1.82) is 0 Å².